The molecule has 0 aliphatic carbocycles. The van der Waals surface area contributed by atoms with Gasteiger partial charge in [0.1, 0.15) is 5.82 Å². The van der Waals surface area contributed by atoms with E-state index in [1.165, 1.54) is 12.1 Å². The second kappa shape index (κ2) is 6.75. The lowest BCUT2D eigenvalue weighted by Crippen LogP contribution is -2.15. The molecule has 0 fully saturated rings. The van der Waals surface area contributed by atoms with Crippen LogP contribution in [-0.4, -0.2) is 18.5 Å². The second-order valence-corrected chi connectivity index (χ2v) is 4.65. The monoisotopic (exact) mass is 269 g/mol. The molecule has 0 heterocycles. The van der Waals surface area contributed by atoms with E-state index in [0.717, 1.165) is 5.56 Å². The van der Waals surface area contributed by atoms with E-state index >= 15 is 0 Å². The van der Waals surface area contributed by atoms with E-state index in [4.69, 9.17) is 0 Å². The lowest BCUT2D eigenvalue weighted by Gasteiger charge is -2.08. The number of ketones is 1. The van der Waals surface area contributed by atoms with Gasteiger partial charge >= 0.3 is 0 Å². The lowest BCUT2D eigenvalue weighted by molar-refractivity contribution is 0.0930. The fourth-order valence-corrected chi connectivity index (χ4v) is 1.86. The maximum absolute atomic E-state index is 13.5. The molecule has 2 nitrogen and oxygen atoms in total. The summed E-state index contributed by atoms with van der Waals surface area (Å²) in [5, 5.41) is 0. The predicted molar refractivity (Wildman–Crippen MR) is 78.8 cm³/mol. The van der Waals surface area contributed by atoms with Gasteiger partial charge in [-0.3, -0.25) is 9.79 Å². The Morgan fingerprint density at radius 2 is 1.80 bits per heavy atom. The summed E-state index contributed by atoms with van der Waals surface area (Å²) in [4.78, 5) is 16.3. The highest BCUT2D eigenvalue weighted by molar-refractivity contribution is 5.98. The SMILES string of the molecule is CC(CN=Cc1ccccc1)C(=O)c1ccccc1F. The molecular weight excluding hydrogens is 253 g/mol. The van der Waals surface area contributed by atoms with E-state index in [9.17, 15) is 9.18 Å². The molecule has 1 atom stereocenters. The molecule has 1 unspecified atom stereocenters. The van der Waals surface area contributed by atoms with Crippen molar-refractivity contribution in [3.05, 3.63) is 71.5 Å². The summed E-state index contributed by atoms with van der Waals surface area (Å²) in [6, 6.07) is 15.7. The molecule has 0 spiro atoms. The van der Waals surface area contributed by atoms with Crippen molar-refractivity contribution in [3.8, 4) is 0 Å². The van der Waals surface area contributed by atoms with Gasteiger partial charge in [-0.05, 0) is 17.7 Å². The molecule has 2 aromatic carbocycles. The number of aliphatic imine (C=N–C) groups is 1. The van der Waals surface area contributed by atoms with Gasteiger partial charge in [0.05, 0.1) is 5.56 Å². The quantitative estimate of drug-likeness (QED) is 0.600. The molecule has 3 heteroatoms. The van der Waals surface area contributed by atoms with E-state index in [-0.39, 0.29) is 17.3 Å². The van der Waals surface area contributed by atoms with Gasteiger partial charge in [0.2, 0.25) is 0 Å². The molecule has 0 bridgehead atoms. The van der Waals surface area contributed by atoms with E-state index in [0.29, 0.717) is 6.54 Å². The summed E-state index contributed by atoms with van der Waals surface area (Å²) in [5.74, 6) is -1.03. The van der Waals surface area contributed by atoms with Crippen molar-refractivity contribution in [2.24, 2.45) is 10.9 Å². The highest BCUT2D eigenvalue weighted by atomic mass is 19.1. The standard InChI is InChI=1S/C17H16FNO/c1-13(11-19-12-14-7-3-2-4-8-14)17(20)15-9-5-6-10-16(15)18/h2-10,12-13H,11H2,1H3. The van der Waals surface area contributed by atoms with E-state index < -0.39 is 5.82 Å². The Kier molecular flexibility index (Phi) is 4.77. The van der Waals surface area contributed by atoms with Crippen LogP contribution in [0.4, 0.5) is 4.39 Å². The van der Waals surface area contributed by atoms with Crippen molar-refractivity contribution in [2.75, 3.05) is 6.54 Å². The van der Waals surface area contributed by atoms with Crippen molar-refractivity contribution in [2.45, 2.75) is 6.92 Å². The average molecular weight is 269 g/mol. The van der Waals surface area contributed by atoms with Crippen LogP contribution in [0.2, 0.25) is 0 Å². The summed E-state index contributed by atoms with van der Waals surface area (Å²) >= 11 is 0. The molecule has 0 N–H and O–H groups in total. The fourth-order valence-electron chi connectivity index (χ4n) is 1.86. The number of hydrogen-bond acceptors (Lipinski definition) is 2. The minimum atomic E-state index is -0.476. The van der Waals surface area contributed by atoms with Crippen LogP contribution in [0.1, 0.15) is 22.8 Å². The molecule has 0 aromatic heterocycles. The molecule has 0 aliphatic heterocycles. The van der Waals surface area contributed by atoms with Gasteiger partial charge in [-0.1, -0.05) is 49.4 Å². The molecule has 20 heavy (non-hydrogen) atoms. The van der Waals surface area contributed by atoms with Gasteiger partial charge in [-0.25, -0.2) is 4.39 Å². The number of halogens is 1. The Bertz CT molecular complexity index is 607. The maximum Gasteiger partial charge on any atom is 0.170 e. The molecule has 0 aliphatic rings. The third-order valence-corrected chi connectivity index (χ3v) is 3.01. The first-order valence-electron chi connectivity index (χ1n) is 6.52. The Hall–Kier alpha value is -2.29. The number of hydrogen-bond donors (Lipinski definition) is 0. The van der Waals surface area contributed by atoms with Crippen LogP contribution >= 0.6 is 0 Å². The number of carbonyl (C=O) groups excluding carboxylic acids is 1. The Labute approximate surface area is 118 Å². The van der Waals surface area contributed by atoms with Gasteiger partial charge in [-0.15, -0.1) is 0 Å². The Balaban J connectivity index is 1.99. The number of nitrogens with zero attached hydrogens (tertiary/aromatic N) is 1. The van der Waals surface area contributed by atoms with Crippen LogP contribution in [0.25, 0.3) is 0 Å². The number of rotatable bonds is 5. The van der Waals surface area contributed by atoms with Crippen LogP contribution in [0.3, 0.4) is 0 Å². The zero-order valence-electron chi connectivity index (χ0n) is 11.3. The summed E-state index contributed by atoms with van der Waals surface area (Å²) in [6.45, 7) is 2.11. The zero-order valence-corrected chi connectivity index (χ0v) is 11.3. The molecule has 0 radical (unpaired) electrons. The Morgan fingerprint density at radius 1 is 1.15 bits per heavy atom. The number of benzene rings is 2. The first kappa shape index (κ1) is 14.1. The van der Waals surface area contributed by atoms with E-state index in [2.05, 4.69) is 4.99 Å². The average Bonchev–Trinajstić information content (AvgIpc) is 2.48. The summed E-state index contributed by atoms with van der Waals surface area (Å²) in [7, 11) is 0. The minimum absolute atomic E-state index is 0.134. The van der Waals surface area contributed by atoms with Crippen LogP contribution < -0.4 is 0 Å². The molecule has 102 valence electrons. The van der Waals surface area contributed by atoms with Crippen molar-refractivity contribution in [1.29, 1.82) is 0 Å². The highest BCUT2D eigenvalue weighted by Crippen LogP contribution is 2.13. The molecule has 0 saturated carbocycles. The third-order valence-electron chi connectivity index (χ3n) is 3.01. The third kappa shape index (κ3) is 3.60. The first-order chi connectivity index (χ1) is 9.68. The number of carbonyl (C=O) groups is 1. The minimum Gasteiger partial charge on any atom is -0.294 e. The van der Waals surface area contributed by atoms with E-state index in [1.54, 1.807) is 25.3 Å². The molecule has 0 saturated heterocycles. The molecule has 0 amide bonds. The van der Waals surface area contributed by atoms with Crippen LogP contribution in [0.5, 0.6) is 0 Å². The van der Waals surface area contributed by atoms with Crippen LogP contribution in [-0.2, 0) is 0 Å². The van der Waals surface area contributed by atoms with Gasteiger partial charge in [0, 0.05) is 18.7 Å². The van der Waals surface area contributed by atoms with Crippen molar-refractivity contribution >= 4 is 12.0 Å². The van der Waals surface area contributed by atoms with E-state index in [1.807, 2.05) is 30.3 Å². The van der Waals surface area contributed by atoms with Gasteiger partial charge in [0.25, 0.3) is 0 Å². The molecule has 2 rings (SSSR count). The van der Waals surface area contributed by atoms with Gasteiger partial charge in [-0.2, -0.15) is 0 Å². The topological polar surface area (TPSA) is 29.4 Å². The van der Waals surface area contributed by atoms with Crippen LogP contribution in [0.15, 0.2) is 59.6 Å². The lowest BCUT2D eigenvalue weighted by atomic mass is 9.99. The van der Waals surface area contributed by atoms with Crippen molar-refractivity contribution < 1.29 is 9.18 Å². The first-order valence-corrected chi connectivity index (χ1v) is 6.52. The summed E-state index contributed by atoms with van der Waals surface area (Å²) < 4.78 is 13.5. The smallest absolute Gasteiger partial charge is 0.170 e. The summed E-state index contributed by atoms with van der Waals surface area (Å²) in [5.41, 5.74) is 1.12. The molecule has 2 aromatic rings. The maximum atomic E-state index is 13.5. The fraction of sp³-hybridized carbons (Fsp3) is 0.176. The summed E-state index contributed by atoms with van der Waals surface area (Å²) in [6.07, 6.45) is 1.73. The van der Waals surface area contributed by atoms with Crippen LogP contribution in [0, 0.1) is 11.7 Å². The Morgan fingerprint density at radius 3 is 2.50 bits per heavy atom. The van der Waals surface area contributed by atoms with Gasteiger partial charge < -0.3 is 0 Å². The number of Topliss-reactive ketones (excluding diaryl/α,β-unsaturated/α-hetero) is 1. The zero-order chi connectivity index (χ0) is 14.4. The van der Waals surface area contributed by atoms with Gasteiger partial charge in [0.15, 0.2) is 5.78 Å². The normalized spacial score (nSPS) is 12.5. The largest absolute Gasteiger partial charge is 0.294 e. The highest BCUT2D eigenvalue weighted by Gasteiger charge is 2.17. The molecular formula is C17H16FNO. The second-order valence-electron chi connectivity index (χ2n) is 4.65. The predicted octanol–water partition coefficient (Wildman–Crippen LogP) is 3.76. The van der Waals surface area contributed by atoms with Crippen molar-refractivity contribution in [1.82, 2.24) is 0 Å². The van der Waals surface area contributed by atoms with Crippen molar-refractivity contribution in [3.63, 3.8) is 0 Å².